The summed E-state index contributed by atoms with van der Waals surface area (Å²) in [5.41, 5.74) is 5.62. The predicted octanol–water partition coefficient (Wildman–Crippen LogP) is -0.684. The maximum atomic E-state index is 12.2. The predicted molar refractivity (Wildman–Crippen MR) is 63.1 cm³/mol. The maximum Gasteiger partial charge on any atom is 0.225 e. The van der Waals surface area contributed by atoms with Gasteiger partial charge in [0.2, 0.25) is 5.91 Å². The highest BCUT2D eigenvalue weighted by molar-refractivity contribution is 5.79. The van der Waals surface area contributed by atoms with Crippen LogP contribution in [-0.2, 0) is 4.79 Å². The van der Waals surface area contributed by atoms with Gasteiger partial charge in [-0.2, -0.15) is 0 Å². The zero-order valence-electron chi connectivity index (χ0n) is 10.1. The van der Waals surface area contributed by atoms with E-state index in [9.17, 15) is 15.0 Å². The Bertz CT molecular complexity index is 267. The molecule has 0 bridgehead atoms. The van der Waals surface area contributed by atoms with Gasteiger partial charge in [0.25, 0.3) is 0 Å². The average molecular weight is 242 g/mol. The molecule has 0 spiro atoms. The molecule has 2 aliphatic rings. The number of nitrogens with two attached hydrogens (primary N) is 1. The smallest absolute Gasteiger partial charge is 0.225 e. The molecule has 98 valence electrons. The molecule has 0 aromatic carbocycles. The Labute approximate surface area is 102 Å². The molecule has 17 heavy (non-hydrogen) atoms. The minimum atomic E-state index is -0.778. The van der Waals surface area contributed by atoms with E-state index in [1.165, 1.54) is 0 Å². The first-order valence-corrected chi connectivity index (χ1v) is 6.46. The van der Waals surface area contributed by atoms with Crippen molar-refractivity contribution in [3.63, 3.8) is 0 Å². The summed E-state index contributed by atoms with van der Waals surface area (Å²) in [6.45, 7) is 1.26. The summed E-state index contributed by atoms with van der Waals surface area (Å²) in [5.74, 6) is 0.722. The number of aliphatic hydroxyl groups excluding tert-OH is 2. The fraction of sp³-hybridized carbons (Fsp3) is 0.917. The standard InChI is InChI=1S/C12H22N2O3/c13-5-8-1-3-9(4-2-8)12(17)14-6-10(15)11(16)7-14/h8-11,15-16H,1-7,13H2/t8?,9?,10-,11+. The van der Waals surface area contributed by atoms with Gasteiger partial charge in [0.1, 0.15) is 0 Å². The summed E-state index contributed by atoms with van der Waals surface area (Å²) in [7, 11) is 0. The second kappa shape index (κ2) is 5.33. The van der Waals surface area contributed by atoms with Gasteiger partial charge in [0, 0.05) is 19.0 Å². The fourth-order valence-corrected chi connectivity index (χ4v) is 2.85. The van der Waals surface area contributed by atoms with Crippen molar-refractivity contribution in [1.82, 2.24) is 4.90 Å². The van der Waals surface area contributed by atoms with Gasteiger partial charge in [-0.25, -0.2) is 0 Å². The summed E-state index contributed by atoms with van der Waals surface area (Å²) in [4.78, 5) is 13.8. The molecule has 0 unspecified atom stereocenters. The second-order valence-electron chi connectivity index (χ2n) is 5.33. The first-order chi connectivity index (χ1) is 8.11. The van der Waals surface area contributed by atoms with Crippen LogP contribution in [0.25, 0.3) is 0 Å². The van der Waals surface area contributed by atoms with E-state index in [2.05, 4.69) is 0 Å². The molecule has 4 N–H and O–H groups in total. The normalized spacial score (nSPS) is 38.4. The highest BCUT2D eigenvalue weighted by atomic mass is 16.3. The molecular weight excluding hydrogens is 220 g/mol. The van der Waals surface area contributed by atoms with Crippen molar-refractivity contribution in [1.29, 1.82) is 0 Å². The van der Waals surface area contributed by atoms with E-state index in [0.29, 0.717) is 12.5 Å². The zero-order valence-corrected chi connectivity index (χ0v) is 10.1. The van der Waals surface area contributed by atoms with Crippen LogP contribution in [0, 0.1) is 11.8 Å². The number of hydrogen-bond donors (Lipinski definition) is 3. The van der Waals surface area contributed by atoms with E-state index in [1.807, 2.05) is 0 Å². The molecule has 1 heterocycles. The molecule has 0 aromatic heterocycles. The maximum absolute atomic E-state index is 12.2. The summed E-state index contributed by atoms with van der Waals surface area (Å²) >= 11 is 0. The van der Waals surface area contributed by atoms with Gasteiger partial charge in [-0.3, -0.25) is 4.79 Å². The number of β-amino-alcohol motifs (C(OH)–C–C–N with tert-alkyl or cyclic N) is 2. The molecule has 2 fully saturated rings. The Morgan fingerprint density at radius 1 is 1.12 bits per heavy atom. The third-order valence-corrected chi connectivity index (χ3v) is 4.10. The van der Waals surface area contributed by atoms with Crippen molar-refractivity contribution < 1.29 is 15.0 Å². The van der Waals surface area contributed by atoms with Gasteiger partial charge >= 0.3 is 0 Å². The number of amides is 1. The van der Waals surface area contributed by atoms with Crippen LogP contribution in [0.3, 0.4) is 0 Å². The van der Waals surface area contributed by atoms with E-state index in [0.717, 1.165) is 25.7 Å². The van der Waals surface area contributed by atoms with Crippen LogP contribution in [0.4, 0.5) is 0 Å². The molecule has 0 radical (unpaired) electrons. The number of carbonyl (C=O) groups is 1. The summed E-state index contributed by atoms with van der Waals surface area (Å²) < 4.78 is 0. The van der Waals surface area contributed by atoms with Crippen LogP contribution < -0.4 is 5.73 Å². The van der Waals surface area contributed by atoms with Gasteiger partial charge in [-0.1, -0.05) is 0 Å². The quantitative estimate of drug-likeness (QED) is 0.598. The number of nitrogens with zero attached hydrogens (tertiary/aromatic N) is 1. The van der Waals surface area contributed by atoms with Crippen LogP contribution in [0.2, 0.25) is 0 Å². The Morgan fingerprint density at radius 2 is 1.65 bits per heavy atom. The van der Waals surface area contributed by atoms with Crippen molar-refractivity contribution in [3.8, 4) is 0 Å². The highest BCUT2D eigenvalue weighted by Gasteiger charge is 2.36. The summed E-state index contributed by atoms with van der Waals surface area (Å²) in [6, 6.07) is 0. The fourth-order valence-electron chi connectivity index (χ4n) is 2.85. The van der Waals surface area contributed by atoms with Gasteiger partial charge in [-0.15, -0.1) is 0 Å². The lowest BCUT2D eigenvalue weighted by Crippen LogP contribution is -2.37. The molecule has 2 rings (SSSR count). The van der Waals surface area contributed by atoms with Crippen LogP contribution in [0.15, 0.2) is 0 Å². The van der Waals surface area contributed by atoms with Gasteiger partial charge in [-0.05, 0) is 38.1 Å². The molecule has 5 heteroatoms. The third-order valence-electron chi connectivity index (χ3n) is 4.10. The highest BCUT2D eigenvalue weighted by Crippen LogP contribution is 2.30. The van der Waals surface area contributed by atoms with Crippen molar-refractivity contribution in [2.24, 2.45) is 17.6 Å². The van der Waals surface area contributed by atoms with E-state index in [1.54, 1.807) is 4.90 Å². The SMILES string of the molecule is NCC1CCC(C(=O)N2C[C@@H](O)[C@@H](O)C2)CC1. The van der Waals surface area contributed by atoms with Crippen molar-refractivity contribution >= 4 is 5.91 Å². The topological polar surface area (TPSA) is 86.8 Å². The Hall–Kier alpha value is -0.650. The molecule has 1 saturated heterocycles. The average Bonchev–Trinajstić information content (AvgIpc) is 2.69. The molecule has 1 amide bonds. The van der Waals surface area contributed by atoms with Gasteiger partial charge in [0.15, 0.2) is 0 Å². The lowest BCUT2D eigenvalue weighted by molar-refractivity contribution is -0.136. The van der Waals surface area contributed by atoms with Crippen molar-refractivity contribution in [2.45, 2.75) is 37.9 Å². The summed E-state index contributed by atoms with van der Waals surface area (Å²) in [6.07, 6.45) is 2.27. The number of aliphatic hydroxyl groups is 2. The van der Waals surface area contributed by atoms with Crippen molar-refractivity contribution in [2.75, 3.05) is 19.6 Å². The zero-order chi connectivity index (χ0) is 12.4. The lowest BCUT2D eigenvalue weighted by atomic mass is 9.81. The number of carbonyl (C=O) groups excluding carboxylic acids is 1. The minimum Gasteiger partial charge on any atom is -0.388 e. The molecule has 2 atom stereocenters. The minimum absolute atomic E-state index is 0.0651. The molecule has 0 aromatic rings. The molecular formula is C12H22N2O3. The lowest BCUT2D eigenvalue weighted by Gasteiger charge is -2.29. The number of rotatable bonds is 2. The van der Waals surface area contributed by atoms with E-state index in [-0.39, 0.29) is 24.9 Å². The Kier molecular flexibility index (Phi) is 4.01. The second-order valence-corrected chi connectivity index (χ2v) is 5.33. The van der Waals surface area contributed by atoms with Gasteiger partial charge < -0.3 is 20.8 Å². The Balaban J connectivity index is 1.85. The van der Waals surface area contributed by atoms with E-state index >= 15 is 0 Å². The number of hydrogen-bond acceptors (Lipinski definition) is 4. The van der Waals surface area contributed by atoms with Crippen LogP contribution in [0.1, 0.15) is 25.7 Å². The molecule has 1 saturated carbocycles. The van der Waals surface area contributed by atoms with E-state index in [4.69, 9.17) is 5.73 Å². The Morgan fingerprint density at radius 3 is 2.12 bits per heavy atom. The first kappa shape index (κ1) is 12.8. The first-order valence-electron chi connectivity index (χ1n) is 6.46. The number of likely N-dealkylation sites (tertiary alicyclic amines) is 1. The summed E-state index contributed by atoms with van der Waals surface area (Å²) in [5, 5.41) is 18.9. The van der Waals surface area contributed by atoms with Crippen LogP contribution in [-0.4, -0.2) is 52.9 Å². The van der Waals surface area contributed by atoms with Gasteiger partial charge in [0.05, 0.1) is 12.2 Å². The third kappa shape index (κ3) is 2.78. The van der Waals surface area contributed by atoms with E-state index < -0.39 is 12.2 Å². The largest absolute Gasteiger partial charge is 0.388 e. The molecule has 5 nitrogen and oxygen atoms in total. The van der Waals surface area contributed by atoms with Crippen molar-refractivity contribution in [3.05, 3.63) is 0 Å². The van der Waals surface area contributed by atoms with Crippen LogP contribution in [0.5, 0.6) is 0 Å². The molecule has 1 aliphatic carbocycles. The monoisotopic (exact) mass is 242 g/mol. The molecule has 1 aliphatic heterocycles. The van der Waals surface area contributed by atoms with Crippen LogP contribution >= 0.6 is 0 Å².